The molecule has 2 aliphatic rings. The first kappa shape index (κ1) is 22.7. The number of hydrogen-bond donors (Lipinski definition) is 2. The SMILES string of the molecule is COc1cc(Nc2ncc(Cl)c(NC3CC4CCCN4C(C)(C)C3)n2)cc(OC)c1OC. The first-order chi connectivity index (χ1) is 15.3. The van der Waals surface area contributed by atoms with Crippen molar-refractivity contribution >= 4 is 29.1 Å². The minimum atomic E-state index is 0.161. The summed E-state index contributed by atoms with van der Waals surface area (Å²) in [6.45, 7) is 5.86. The topological polar surface area (TPSA) is 80.8 Å². The Balaban J connectivity index is 1.53. The Hall–Kier alpha value is -2.45. The molecule has 2 aliphatic heterocycles. The Kier molecular flexibility index (Phi) is 6.53. The minimum Gasteiger partial charge on any atom is -0.493 e. The summed E-state index contributed by atoms with van der Waals surface area (Å²) in [7, 11) is 4.74. The van der Waals surface area contributed by atoms with Crippen LogP contribution in [-0.2, 0) is 0 Å². The van der Waals surface area contributed by atoms with E-state index in [9.17, 15) is 0 Å². The number of halogens is 1. The molecule has 174 valence electrons. The predicted octanol–water partition coefficient (Wildman–Crippen LogP) is 4.72. The van der Waals surface area contributed by atoms with Gasteiger partial charge in [-0.2, -0.15) is 4.98 Å². The highest BCUT2D eigenvalue weighted by atomic mass is 35.5. The molecule has 2 N–H and O–H groups in total. The van der Waals surface area contributed by atoms with Crippen LogP contribution in [0.25, 0.3) is 0 Å². The third-order valence-corrected chi connectivity index (χ3v) is 6.74. The van der Waals surface area contributed by atoms with E-state index in [0.717, 1.165) is 12.8 Å². The Morgan fingerprint density at radius 3 is 2.50 bits per heavy atom. The van der Waals surface area contributed by atoms with E-state index in [1.54, 1.807) is 27.5 Å². The summed E-state index contributed by atoms with van der Waals surface area (Å²) in [6.07, 6.45) is 6.29. The second-order valence-electron chi connectivity index (χ2n) is 9.01. The Morgan fingerprint density at radius 2 is 1.84 bits per heavy atom. The van der Waals surface area contributed by atoms with E-state index in [1.165, 1.54) is 19.4 Å². The smallest absolute Gasteiger partial charge is 0.229 e. The largest absolute Gasteiger partial charge is 0.493 e. The van der Waals surface area contributed by atoms with Crippen molar-refractivity contribution in [3.05, 3.63) is 23.4 Å². The minimum absolute atomic E-state index is 0.161. The second kappa shape index (κ2) is 9.19. The van der Waals surface area contributed by atoms with Crippen LogP contribution in [-0.4, -0.2) is 60.4 Å². The third kappa shape index (κ3) is 4.52. The van der Waals surface area contributed by atoms with Gasteiger partial charge in [0.05, 0.1) is 27.5 Å². The molecule has 2 atom stereocenters. The van der Waals surface area contributed by atoms with Crippen LogP contribution >= 0.6 is 11.6 Å². The van der Waals surface area contributed by atoms with Gasteiger partial charge in [-0.15, -0.1) is 0 Å². The number of fused-ring (bicyclic) bond motifs is 1. The van der Waals surface area contributed by atoms with Crippen LogP contribution in [0.15, 0.2) is 18.3 Å². The number of aromatic nitrogens is 2. The predicted molar refractivity (Wildman–Crippen MR) is 127 cm³/mol. The molecule has 2 aromatic rings. The van der Waals surface area contributed by atoms with E-state index in [4.69, 9.17) is 25.8 Å². The summed E-state index contributed by atoms with van der Waals surface area (Å²) in [6, 6.07) is 4.55. The zero-order chi connectivity index (χ0) is 22.9. The number of benzene rings is 1. The van der Waals surface area contributed by atoms with E-state index in [-0.39, 0.29) is 5.54 Å². The average Bonchev–Trinajstić information content (AvgIpc) is 3.24. The van der Waals surface area contributed by atoms with E-state index in [0.29, 0.717) is 51.8 Å². The monoisotopic (exact) mass is 461 g/mol. The number of rotatable bonds is 7. The van der Waals surface area contributed by atoms with Gasteiger partial charge in [0.2, 0.25) is 11.7 Å². The number of hydrogen-bond acceptors (Lipinski definition) is 8. The molecule has 1 aromatic carbocycles. The number of piperidine rings is 1. The Morgan fingerprint density at radius 1 is 1.12 bits per heavy atom. The summed E-state index contributed by atoms with van der Waals surface area (Å²) in [4.78, 5) is 11.7. The molecule has 0 radical (unpaired) electrons. The number of ether oxygens (including phenoxy) is 3. The van der Waals surface area contributed by atoms with Gasteiger partial charge in [-0.3, -0.25) is 4.90 Å². The van der Waals surface area contributed by atoms with Crippen LogP contribution < -0.4 is 24.8 Å². The van der Waals surface area contributed by atoms with Crippen molar-refractivity contribution in [2.24, 2.45) is 0 Å². The van der Waals surface area contributed by atoms with Crippen LogP contribution in [0.2, 0.25) is 5.02 Å². The molecule has 2 saturated heterocycles. The van der Waals surface area contributed by atoms with Crippen LogP contribution in [0.3, 0.4) is 0 Å². The maximum absolute atomic E-state index is 6.45. The van der Waals surface area contributed by atoms with E-state index < -0.39 is 0 Å². The van der Waals surface area contributed by atoms with Crippen LogP contribution in [0.4, 0.5) is 17.5 Å². The van der Waals surface area contributed by atoms with Crippen molar-refractivity contribution < 1.29 is 14.2 Å². The molecule has 0 amide bonds. The van der Waals surface area contributed by atoms with Crippen molar-refractivity contribution in [1.29, 1.82) is 0 Å². The van der Waals surface area contributed by atoms with Gasteiger partial charge in [-0.05, 0) is 46.1 Å². The summed E-state index contributed by atoms with van der Waals surface area (Å²) in [5.41, 5.74) is 0.876. The maximum atomic E-state index is 6.45. The van der Waals surface area contributed by atoms with Gasteiger partial charge in [-0.25, -0.2) is 4.98 Å². The van der Waals surface area contributed by atoms with Crippen LogP contribution in [0.5, 0.6) is 17.2 Å². The van der Waals surface area contributed by atoms with Crippen LogP contribution in [0.1, 0.15) is 39.5 Å². The molecule has 2 unspecified atom stereocenters. The fourth-order valence-electron chi connectivity index (χ4n) is 5.12. The highest BCUT2D eigenvalue weighted by Gasteiger charge is 2.43. The molecule has 8 nitrogen and oxygen atoms in total. The van der Waals surface area contributed by atoms with E-state index in [2.05, 4.69) is 39.3 Å². The van der Waals surface area contributed by atoms with Crippen molar-refractivity contribution in [2.75, 3.05) is 38.5 Å². The van der Waals surface area contributed by atoms with E-state index >= 15 is 0 Å². The summed E-state index contributed by atoms with van der Waals surface area (Å²) < 4.78 is 16.3. The third-order valence-electron chi connectivity index (χ3n) is 6.46. The summed E-state index contributed by atoms with van der Waals surface area (Å²) in [5, 5.41) is 7.31. The van der Waals surface area contributed by atoms with E-state index in [1.807, 2.05) is 12.1 Å². The molecule has 3 heterocycles. The lowest BCUT2D eigenvalue weighted by atomic mass is 9.84. The molecule has 2 fully saturated rings. The van der Waals surface area contributed by atoms with Gasteiger partial charge in [-0.1, -0.05) is 11.6 Å². The molecule has 1 aromatic heterocycles. The number of nitrogens with one attached hydrogen (secondary N) is 2. The summed E-state index contributed by atoms with van der Waals surface area (Å²) >= 11 is 6.45. The first-order valence-electron chi connectivity index (χ1n) is 11.0. The Labute approximate surface area is 194 Å². The molecule has 0 aliphatic carbocycles. The van der Waals surface area contributed by atoms with Crippen molar-refractivity contribution in [3.63, 3.8) is 0 Å². The van der Waals surface area contributed by atoms with Gasteiger partial charge in [0.15, 0.2) is 17.3 Å². The fourth-order valence-corrected chi connectivity index (χ4v) is 5.27. The van der Waals surface area contributed by atoms with Gasteiger partial charge in [0, 0.05) is 35.4 Å². The molecule has 4 rings (SSSR count). The van der Waals surface area contributed by atoms with Crippen molar-refractivity contribution in [3.8, 4) is 17.2 Å². The Bertz CT molecular complexity index is 946. The van der Waals surface area contributed by atoms with Crippen LogP contribution in [0, 0.1) is 0 Å². The van der Waals surface area contributed by atoms with Gasteiger partial charge < -0.3 is 24.8 Å². The maximum Gasteiger partial charge on any atom is 0.229 e. The lowest BCUT2D eigenvalue weighted by molar-refractivity contribution is 0.0501. The first-order valence-corrected chi connectivity index (χ1v) is 11.3. The standard InChI is InChI=1S/C23H32ClN5O3/c1-23(2)12-15(9-16-7-6-8-29(16)23)26-21-17(24)13-25-22(28-21)27-14-10-18(30-3)20(32-5)19(11-14)31-4/h10-11,13,15-16H,6-9,12H2,1-5H3,(H2,25,26,27,28). The molecular formula is C23H32ClN5O3. The molecular weight excluding hydrogens is 430 g/mol. The molecule has 0 bridgehead atoms. The lowest BCUT2D eigenvalue weighted by Crippen LogP contribution is -2.55. The number of methoxy groups -OCH3 is 3. The molecule has 0 spiro atoms. The van der Waals surface area contributed by atoms with Gasteiger partial charge in [0.25, 0.3) is 0 Å². The molecule has 0 saturated carbocycles. The number of nitrogens with zero attached hydrogens (tertiary/aromatic N) is 3. The second-order valence-corrected chi connectivity index (χ2v) is 9.42. The fraction of sp³-hybridized carbons (Fsp3) is 0.565. The van der Waals surface area contributed by atoms with Crippen molar-refractivity contribution in [2.45, 2.75) is 57.2 Å². The average molecular weight is 462 g/mol. The van der Waals surface area contributed by atoms with Gasteiger partial charge >= 0.3 is 0 Å². The highest BCUT2D eigenvalue weighted by Crippen LogP contribution is 2.41. The molecule has 9 heteroatoms. The quantitative estimate of drug-likeness (QED) is 0.613. The highest BCUT2D eigenvalue weighted by molar-refractivity contribution is 6.32. The summed E-state index contributed by atoms with van der Waals surface area (Å²) in [5.74, 6) is 2.70. The normalized spacial score (nSPS) is 22.2. The number of anilines is 3. The van der Waals surface area contributed by atoms with Crippen molar-refractivity contribution in [1.82, 2.24) is 14.9 Å². The zero-order valence-electron chi connectivity index (χ0n) is 19.4. The lowest BCUT2D eigenvalue weighted by Gasteiger charge is -2.47. The van der Waals surface area contributed by atoms with Gasteiger partial charge in [0.1, 0.15) is 5.02 Å². The molecule has 32 heavy (non-hydrogen) atoms. The zero-order valence-corrected chi connectivity index (χ0v) is 20.1.